The molecule has 3 N–H and O–H groups in total. The van der Waals surface area contributed by atoms with Crippen molar-refractivity contribution in [1.29, 1.82) is 0 Å². The van der Waals surface area contributed by atoms with Gasteiger partial charge in [-0.1, -0.05) is 11.6 Å². The summed E-state index contributed by atoms with van der Waals surface area (Å²) in [7, 11) is 0. The predicted octanol–water partition coefficient (Wildman–Crippen LogP) is 2.19. The van der Waals surface area contributed by atoms with E-state index >= 15 is 0 Å². The largest absolute Gasteiger partial charge is 0.467 e. The van der Waals surface area contributed by atoms with E-state index in [1.807, 2.05) is 6.20 Å². The van der Waals surface area contributed by atoms with E-state index in [0.717, 1.165) is 5.52 Å². The van der Waals surface area contributed by atoms with Gasteiger partial charge < -0.3 is 8.98 Å². The molecular formula is C15H15N3O2. The maximum atomic E-state index is 11.4. The van der Waals surface area contributed by atoms with Crippen LogP contribution >= 0.6 is 0 Å². The predicted molar refractivity (Wildman–Crippen MR) is 76.1 cm³/mol. The SMILES string of the molecule is Cc1ccc2c(ccn2Cc2cc(C(=O)NN)co2)c1. The zero-order valence-corrected chi connectivity index (χ0v) is 11.1. The highest BCUT2D eigenvalue weighted by atomic mass is 16.3. The molecule has 1 amide bonds. The van der Waals surface area contributed by atoms with Crippen molar-refractivity contribution in [2.75, 3.05) is 0 Å². The van der Waals surface area contributed by atoms with Crippen molar-refractivity contribution in [2.45, 2.75) is 13.5 Å². The number of nitrogens with one attached hydrogen (secondary N) is 1. The van der Waals surface area contributed by atoms with E-state index in [1.54, 1.807) is 6.07 Å². The molecule has 5 heteroatoms. The topological polar surface area (TPSA) is 73.2 Å². The van der Waals surface area contributed by atoms with Crippen LogP contribution in [0.2, 0.25) is 0 Å². The normalized spacial score (nSPS) is 10.9. The van der Waals surface area contributed by atoms with Crippen molar-refractivity contribution in [2.24, 2.45) is 5.84 Å². The average molecular weight is 269 g/mol. The number of benzene rings is 1. The van der Waals surface area contributed by atoms with Crippen LogP contribution in [0.15, 0.2) is 47.2 Å². The first kappa shape index (κ1) is 12.5. The van der Waals surface area contributed by atoms with E-state index < -0.39 is 0 Å². The Balaban J connectivity index is 1.89. The molecule has 3 rings (SSSR count). The number of rotatable bonds is 3. The number of aryl methyl sites for hydroxylation is 1. The van der Waals surface area contributed by atoms with Crippen molar-refractivity contribution in [3.63, 3.8) is 0 Å². The Bertz CT molecular complexity index is 770. The minimum absolute atomic E-state index is 0.354. The van der Waals surface area contributed by atoms with Gasteiger partial charge in [-0.2, -0.15) is 0 Å². The minimum atomic E-state index is -0.354. The van der Waals surface area contributed by atoms with Gasteiger partial charge in [0.15, 0.2) is 0 Å². The number of nitrogens with two attached hydrogens (primary N) is 1. The Morgan fingerprint density at radius 3 is 3.00 bits per heavy atom. The van der Waals surface area contributed by atoms with Crippen molar-refractivity contribution in [3.8, 4) is 0 Å². The van der Waals surface area contributed by atoms with Crippen LogP contribution in [0.4, 0.5) is 0 Å². The minimum Gasteiger partial charge on any atom is -0.467 e. The summed E-state index contributed by atoms with van der Waals surface area (Å²) in [6.07, 6.45) is 3.42. The van der Waals surface area contributed by atoms with E-state index in [2.05, 4.69) is 41.2 Å². The van der Waals surface area contributed by atoms with Gasteiger partial charge in [0, 0.05) is 11.7 Å². The number of nitrogen functional groups attached to an aromatic ring is 1. The number of hydrazine groups is 1. The molecule has 0 saturated heterocycles. The summed E-state index contributed by atoms with van der Waals surface area (Å²) in [5.41, 5.74) is 4.88. The smallest absolute Gasteiger partial charge is 0.268 e. The first-order chi connectivity index (χ1) is 9.67. The van der Waals surface area contributed by atoms with Gasteiger partial charge in [0.2, 0.25) is 0 Å². The fourth-order valence-corrected chi connectivity index (χ4v) is 2.29. The molecule has 1 aromatic carbocycles. The molecule has 3 aromatic rings. The van der Waals surface area contributed by atoms with E-state index in [1.165, 1.54) is 17.2 Å². The summed E-state index contributed by atoms with van der Waals surface area (Å²) in [5.74, 6) is 5.45. The van der Waals surface area contributed by atoms with Crippen molar-refractivity contribution in [1.82, 2.24) is 9.99 Å². The Morgan fingerprint density at radius 2 is 2.20 bits per heavy atom. The van der Waals surface area contributed by atoms with Gasteiger partial charge in [0.05, 0.1) is 12.1 Å². The zero-order valence-electron chi connectivity index (χ0n) is 11.1. The summed E-state index contributed by atoms with van der Waals surface area (Å²) >= 11 is 0. The first-order valence-electron chi connectivity index (χ1n) is 6.31. The molecule has 5 nitrogen and oxygen atoms in total. The number of furan rings is 1. The third-order valence-corrected chi connectivity index (χ3v) is 3.30. The van der Waals surface area contributed by atoms with Gasteiger partial charge in [0.1, 0.15) is 12.0 Å². The molecule has 2 heterocycles. The van der Waals surface area contributed by atoms with Gasteiger partial charge in [0.25, 0.3) is 5.91 Å². The highest BCUT2D eigenvalue weighted by molar-refractivity contribution is 5.93. The number of amides is 1. The Labute approximate surface area is 115 Å². The molecule has 0 aliphatic heterocycles. The lowest BCUT2D eigenvalue weighted by atomic mass is 10.2. The number of carbonyl (C=O) groups is 1. The number of carbonyl (C=O) groups excluding carboxylic acids is 1. The van der Waals surface area contributed by atoms with Crippen molar-refractivity contribution >= 4 is 16.8 Å². The lowest BCUT2D eigenvalue weighted by Gasteiger charge is -2.03. The second-order valence-corrected chi connectivity index (χ2v) is 4.78. The summed E-state index contributed by atoms with van der Waals surface area (Å²) in [6.45, 7) is 2.64. The lowest BCUT2D eigenvalue weighted by molar-refractivity contribution is 0.0953. The van der Waals surface area contributed by atoms with Crippen molar-refractivity contribution in [3.05, 3.63) is 59.7 Å². The average Bonchev–Trinajstić information content (AvgIpc) is 3.06. The second-order valence-electron chi connectivity index (χ2n) is 4.78. The van der Waals surface area contributed by atoms with Crippen LogP contribution in [0.3, 0.4) is 0 Å². The molecular weight excluding hydrogens is 254 g/mol. The third kappa shape index (κ3) is 2.19. The molecule has 0 atom stereocenters. The maximum absolute atomic E-state index is 11.4. The van der Waals surface area contributed by atoms with Crippen LogP contribution in [0.1, 0.15) is 21.7 Å². The molecule has 0 unspecified atom stereocenters. The van der Waals surface area contributed by atoms with Gasteiger partial charge >= 0.3 is 0 Å². The fourth-order valence-electron chi connectivity index (χ4n) is 2.29. The zero-order chi connectivity index (χ0) is 14.1. The van der Waals surface area contributed by atoms with Crippen LogP contribution in [0.5, 0.6) is 0 Å². The molecule has 0 radical (unpaired) electrons. The van der Waals surface area contributed by atoms with Crippen LogP contribution in [-0.4, -0.2) is 10.5 Å². The molecule has 20 heavy (non-hydrogen) atoms. The van der Waals surface area contributed by atoms with Crippen molar-refractivity contribution < 1.29 is 9.21 Å². The Hall–Kier alpha value is -2.53. The van der Waals surface area contributed by atoms with Gasteiger partial charge in [-0.3, -0.25) is 10.2 Å². The van der Waals surface area contributed by atoms with Gasteiger partial charge in [-0.15, -0.1) is 0 Å². The fraction of sp³-hybridized carbons (Fsp3) is 0.133. The number of fused-ring (bicyclic) bond motifs is 1. The van der Waals surface area contributed by atoms with E-state index in [9.17, 15) is 4.79 Å². The van der Waals surface area contributed by atoms with Crippen LogP contribution < -0.4 is 11.3 Å². The molecule has 0 bridgehead atoms. The van der Waals surface area contributed by atoms with Gasteiger partial charge in [-0.05, 0) is 36.6 Å². The Kier molecular flexibility index (Phi) is 3.04. The molecule has 2 aromatic heterocycles. The number of nitrogens with zero attached hydrogens (tertiary/aromatic N) is 1. The maximum Gasteiger partial charge on any atom is 0.268 e. The third-order valence-electron chi connectivity index (χ3n) is 3.30. The number of hydrogen-bond donors (Lipinski definition) is 2. The van der Waals surface area contributed by atoms with E-state index in [-0.39, 0.29) is 5.91 Å². The van der Waals surface area contributed by atoms with Gasteiger partial charge in [-0.25, -0.2) is 5.84 Å². The molecule has 0 aliphatic rings. The number of hydrogen-bond acceptors (Lipinski definition) is 3. The van der Waals surface area contributed by atoms with E-state index in [0.29, 0.717) is 17.9 Å². The highest BCUT2D eigenvalue weighted by Gasteiger charge is 2.10. The van der Waals surface area contributed by atoms with Crippen LogP contribution in [0.25, 0.3) is 10.9 Å². The second kappa shape index (κ2) is 4.86. The summed E-state index contributed by atoms with van der Waals surface area (Å²) < 4.78 is 7.48. The lowest BCUT2D eigenvalue weighted by Crippen LogP contribution is -2.29. The highest BCUT2D eigenvalue weighted by Crippen LogP contribution is 2.19. The van der Waals surface area contributed by atoms with Crippen LogP contribution in [-0.2, 0) is 6.54 Å². The summed E-state index contributed by atoms with van der Waals surface area (Å²) in [6, 6.07) is 10.1. The summed E-state index contributed by atoms with van der Waals surface area (Å²) in [5, 5.41) is 1.19. The molecule has 0 fully saturated rings. The molecule has 0 saturated carbocycles. The monoisotopic (exact) mass is 269 g/mol. The number of aromatic nitrogens is 1. The first-order valence-corrected chi connectivity index (χ1v) is 6.31. The molecule has 0 aliphatic carbocycles. The van der Waals surface area contributed by atoms with E-state index in [4.69, 9.17) is 10.3 Å². The summed E-state index contributed by atoms with van der Waals surface area (Å²) in [4.78, 5) is 11.4. The standard InChI is InChI=1S/C15H15N3O2/c1-10-2-3-14-11(6-10)4-5-18(14)8-13-7-12(9-20-13)15(19)17-16/h2-7,9H,8,16H2,1H3,(H,17,19). The molecule has 102 valence electrons. The molecule has 0 spiro atoms. The quantitative estimate of drug-likeness (QED) is 0.435. The van der Waals surface area contributed by atoms with Crippen LogP contribution in [0, 0.1) is 6.92 Å². The Morgan fingerprint density at radius 1 is 1.35 bits per heavy atom.